The summed E-state index contributed by atoms with van der Waals surface area (Å²) in [6.07, 6.45) is 7.82. The summed E-state index contributed by atoms with van der Waals surface area (Å²) in [7, 11) is 1.46. The minimum atomic E-state index is -0.794. The standard InChI is InChI=1S/C33H51NO8/c1-7-12-26(35)22(4)32(39)34-16-11-10-14-21(3)31(38)23(5)29-15-9-8-13-20(2)27(36)18-24-17-25(41-6)19-28(37)30(24)33(40)42-29/h8-11,17,19-23,26-27,29,31,35-38H,7,12-16,18H2,1-6H3,(H,34,39). The molecule has 9 heteroatoms. The first-order chi connectivity index (χ1) is 19.9. The lowest BCUT2D eigenvalue weighted by Crippen LogP contribution is -2.37. The van der Waals surface area contributed by atoms with Gasteiger partial charge in [-0.2, -0.15) is 0 Å². The molecule has 1 heterocycles. The summed E-state index contributed by atoms with van der Waals surface area (Å²) in [4.78, 5) is 25.6. The van der Waals surface area contributed by atoms with Crippen LogP contribution in [0.1, 0.15) is 82.6 Å². The first-order valence-corrected chi connectivity index (χ1v) is 15.1. The number of amides is 1. The normalized spacial score (nSPS) is 23.5. The highest BCUT2D eigenvalue weighted by Crippen LogP contribution is 2.33. The molecule has 1 aromatic rings. The molecule has 1 aliphatic rings. The maximum absolute atomic E-state index is 13.4. The number of hydrogen-bond acceptors (Lipinski definition) is 8. The average Bonchev–Trinajstić information content (AvgIpc) is 2.95. The smallest absolute Gasteiger partial charge is 0.342 e. The van der Waals surface area contributed by atoms with Gasteiger partial charge in [-0.3, -0.25) is 4.79 Å². The fourth-order valence-corrected chi connectivity index (χ4v) is 5.18. The molecule has 1 aromatic carbocycles. The van der Waals surface area contributed by atoms with Crippen LogP contribution in [-0.4, -0.2) is 70.4 Å². The molecule has 1 amide bonds. The zero-order chi connectivity index (χ0) is 31.4. The Hall–Kier alpha value is -2.88. The number of esters is 1. The summed E-state index contributed by atoms with van der Waals surface area (Å²) in [6, 6.07) is 2.98. The highest BCUT2D eigenvalue weighted by atomic mass is 16.5. The molecule has 8 unspecified atom stereocenters. The molecule has 0 aromatic heterocycles. The van der Waals surface area contributed by atoms with Gasteiger partial charge in [-0.05, 0) is 49.1 Å². The van der Waals surface area contributed by atoms with Gasteiger partial charge in [0, 0.05) is 24.9 Å². The van der Waals surface area contributed by atoms with Crippen LogP contribution in [0.25, 0.3) is 0 Å². The Morgan fingerprint density at radius 2 is 1.86 bits per heavy atom. The van der Waals surface area contributed by atoms with Gasteiger partial charge in [-0.25, -0.2) is 4.79 Å². The SMILES string of the molecule is CCCC(O)C(C)C(=O)NCC=CCC(C)C(O)C(C)C1CC=CCC(C)C(O)Cc2cc(OC)cc(O)c2C(=O)O1. The first-order valence-electron chi connectivity index (χ1n) is 15.1. The molecule has 2 rings (SSSR count). The van der Waals surface area contributed by atoms with E-state index in [2.05, 4.69) is 5.32 Å². The van der Waals surface area contributed by atoms with E-state index in [1.807, 2.05) is 52.0 Å². The van der Waals surface area contributed by atoms with E-state index in [4.69, 9.17) is 9.47 Å². The second-order valence-corrected chi connectivity index (χ2v) is 11.7. The third-order valence-corrected chi connectivity index (χ3v) is 8.35. The van der Waals surface area contributed by atoms with Gasteiger partial charge in [-0.1, -0.05) is 65.3 Å². The number of nitrogens with one attached hydrogen (secondary N) is 1. The van der Waals surface area contributed by atoms with E-state index < -0.39 is 42.2 Å². The highest BCUT2D eigenvalue weighted by Gasteiger charge is 2.32. The minimum Gasteiger partial charge on any atom is -0.507 e. The number of carbonyl (C=O) groups is 2. The van der Waals surface area contributed by atoms with Gasteiger partial charge in [0.15, 0.2) is 0 Å². The molecule has 0 fully saturated rings. The lowest BCUT2D eigenvalue weighted by molar-refractivity contribution is -0.127. The molecule has 1 aliphatic heterocycles. The number of aliphatic hydroxyl groups is 3. The monoisotopic (exact) mass is 589 g/mol. The minimum absolute atomic E-state index is 0.00662. The molecular weight excluding hydrogens is 538 g/mol. The zero-order valence-corrected chi connectivity index (χ0v) is 26.0. The summed E-state index contributed by atoms with van der Waals surface area (Å²) >= 11 is 0. The fraction of sp³-hybridized carbons (Fsp3) is 0.636. The molecule has 9 nitrogen and oxygen atoms in total. The van der Waals surface area contributed by atoms with Crippen molar-refractivity contribution in [2.75, 3.05) is 13.7 Å². The number of methoxy groups -OCH3 is 1. The fourth-order valence-electron chi connectivity index (χ4n) is 5.18. The average molecular weight is 590 g/mol. The molecule has 0 aliphatic carbocycles. The van der Waals surface area contributed by atoms with Gasteiger partial charge in [0.1, 0.15) is 23.2 Å². The Bertz CT molecular complexity index is 1070. The largest absolute Gasteiger partial charge is 0.507 e. The van der Waals surface area contributed by atoms with E-state index in [1.54, 1.807) is 13.0 Å². The van der Waals surface area contributed by atoms with Crippen molar-refractivity contribution in [2.45, 2.75) is 97.6 Å². The van der Waals surface area contributed by atoms with Crippen molar-refractivity contribution in [1.29, 1.82) is 0 Å². The number of allylic oxidation sites excluding steroid dienone is 2. The van der Waals surface area contributed by atoms with E-state index in [0.717, 1.165) is 6.42 Å². The van der Waals surface area contributed by atoms with Crippen molar-refractivity contribution in [3.8, 4) is 11.5 Å². The van der Waals surface area contributed by atoms with E-state index in [9.17, 15) is 30.0 Å². The maximum Gasteiger partial charge on any atom is 0.342 e. The van der Waals surface area contributed by atoms with Crippen LogP contribution < -0.4 is 10.1 Å². The molecule has 0 spiro atoms. The number of rotatable bonds is 12. The number of ether oxygens (including phenoxy) is 2. The number of aromatic hydroxyl groups is 1. The zero-order valence-electron chi connectivity index (χ0n) is 26.0. The van der Waals surface area contributed by atoms with Gasteiger partial charge in [0.2, 0.25) is 5.91 Å². The van der Waals surface area contributed by atoms with Crippen molar-refractivity contribution in [3.05, 3.63) is 47.6 Å². The summed E-state index contributed by atoms with van der Waals surface area (Å²) in [6.45, 7) is 9.68. The molecule has 0 saturated carbocycles. The molecule has 0 radical (unpaired) electrons. The molecule has 8 atom stereocenters. The second-order valence-electron chi connectivity index (χ2n) is 11.7. The second kappa shape index (κ2) is 17.3. The maximum atomic E-state index is 13.4. The van der Waals surface area contributed by atoms with E-state index in [-0.39, 0.29) is 35.5 Å². The summed E-state index contributed by atoms with van der Waals surface area (Å²) < 4.78 is 11.2. The van der Waals surface area contributed by atoms with Crippen molar-refractivity contribution >= 4 is 11.9 Å². The van der Waals surface area contributed by atoms with Crippen molar-refractivity contribution < 1.29 is 39.5 Å². The quantitative estimate of drug-likeness (QED) is 0.179. The van der Waals surface area contributed by atoms with E-state index >= 15 is 0 Å². The van der Waals surface area contributed by atoms with Crippen LogP contribution >= 0.6 is 0 Å². The van der Waals surface area contributed by atoms with Crippen LogP contribution in [0.5, 0.6) is 11.5 Å². The lowest BCUT2D eigenvalue weighted by Gasteiger charge is -2.31. The highest BCUT2D eigenvalue weighted by molar-refractivity contribution is 5.94. The number of carbonyl (C=O) groups excluding carboxylic acids is 2. The Kier molecular flexibility index (Phi) is 14.5. The Morgan fingerprint density at radius 1 is 1.17 bits per heavy atom. The molecular formula is C33H51NO8. The van der Waals surface area contributed by atoms with Crippen LogP contribution in [0.2, 0.25) is 0 Å². The lowest BCUT2D eigenvalue weighted by atomic mass is 9.85. The first kappa shape index (κ1) is 35.3. The molecule has 5 N–H and O–H groups in total. The molecule has 236 valence electrons. The summed E-state index contributed by atoms with van der Waals surface area (Å²) in [5, 5.41) is 45.5. The number of cyclic esters (lactones) is 1. The molecule has 0 saturated heterocycles. The number of phenols is 1. The van der Waals surface area contributed by atoms with Crippen molar-refractivity contribution in [3.63, 3.8) is 0 Å². The van der Waals surface area contributed by atoms with Crippen molar-refractivity contribution in [1.82, 2.24) is 5.32 Å². The van der Waals surface area contributed by atoms with Gasteiger partial charge in [-0.15, -0.1) is 0 Å². The Balaban J connectivity index is 2.10. The van der Waals surface area contributed by atoms with Gasteiger partial charge < -0.3 is 35.2 Å². The predicted molar refractivity (Wildman–Crippen MR) is 162 cm³/mol. The third kappa shape index (κ3) is 10.1. The van der Waals surface area contributed by atoms with Gasteiger partial charge in [0.05, 0.1) is 31.3 Å². The third-order valence-electron chi connectivity index (χ3n) is 8.35. The number of phenolic OH excluding ortho intramolecular Hbond substituents is 1. The number of fused-ring (bicyclic) bond motifs is 1. The topological polar surface area (TPSA) is 146 Å². The van der Waals surface area contributed by atoms with E-state index in [1.165, 1.54) is 13.2 Å². The number of aliphatic hydroxyl groups excluding tert-OH is 3. The molecule has 42 heavy (non-hydrogen) atoms. The van der Waals surface area contributed by atoms with Crippen molar-refractivity contribution in [2.24, 2.45) is 23.7 Å². The summed E-state index contributed by atoms with van der Waals surface area (Å²) in [5.74, 6) is -1.98. The Labute approximate surface area is 250 Å². The molecule has 0 bridgehead atoms. The van der Waals surface area contributed by atoms with Gasteiger partial charge >= 0.3 is 5.97 Å². The number of benzene rings is 1. The van der Waals surface area contributed by atoms with Crippen LogP contribution in [0.3, 0.4) is 0 Å². The van der Waals surface area contributed by atoms with Crippen LogP contribution in [0.4, 0.5) is 0 Å². The van der Waals surface area contributed by atoms with Crippen LogP contribution in [0, 0.1) is 23.7 Å². The van der Waals surface area contributed by atoms with E-state index in [0.29, 0.717) is 43.5 Å². The van der Waals surface area contributed by atoms with Crippen LogP contribution in [-0.2, 0) is 16.0 Å². The summed E-state index contributed by atoms with van der Waals surface area (Å²) in [5.41, 5.74) is 0.431. The van der Waals surface area contributed by atoms with Crippen LogP contribution in [0.15, 0.2) is 36.4 Å². The Morgan fingerprint density at radius 3 is 2.52 bits per heavy atom. The van der Waals surface area contributed by atoms with Gasteiger partial charge in [0.25, 0.3) is 0 Å². The number of hydrogen-bond donors (Lipinski definition) is 5. The predicted octanol–water partition coefficient (Wildman–Crippen LogP) is 4.31.